The maximum Gasteiger partial charge on any atom is 0.373 e. The Morgan fingerprint density at radius 3 is 2.74 bits per heavy atom. The molecule has 0 aliphatic carbocycles. The number of non-ortho nitro benzene ring substituents is 1. The first-order valence-corrected chi connectivity index (χ1v) is 13.3. The predicted molar refractivity (Wildman–Crippen MR) is 135 cm³/mol. The number of aromatic nitrogens is 1. The van der Waals surface area contributed by atoms with Crippen LogP contribution in [0.25, 0.3) is 0 Å². The molecule has 3 fully saturated rings. The molecule has 5 rings (SSSR count). The SMILES string of the molecule is CO/N=C(/C(=O)N[C@@H]1C(=O)N2[C@@H]1SC[C@@H]1CC(=O)O[C@@]12C(=O)OCc1ccc([N+](=O)[O-])cc1)c1csc(N)n1. The number of carbonyl (C=O) groups is 4. The first-order chi connectivity index (χ1) is 18.6. The van der Waals surface area contributed by atoms with Crippen molar-refractivity contribution in [2.45, 2.75) is 30.2 Å². The summed E-state index contributed by atoms with van der Waals surface area (Å²) < 4.78 is 10.9. The molecule has 0 bridgehead atoms. The molecule has 0 unspecified atom stereocenters. The summed E-state index contributed by atoms with van der Waals surface area (Å²) in [5.74, 6) is -3.40. The fraction of sp³-hybridized carbons (Fsp3) is 0.364. The number of amides is 2. The van der Waals surface area contributed by atoms with Crippen LogP contribution in [-0.2, 0) is 40.1 Å². The van der Waals surface area contributed by atoms with Gasteiger partial charge in [-0.25, -0.2) is 9.78 Å². The highest BCUT2D eigenvalue weighted by Gasteiger charge is 2.71. The number of ether oxygens (including phenoxy) is 2. The molecule has 3 saturated heterocycles. The largest absolute Gasteiger partial charge is 0.456 e. The standard InChI is InChI=1S/C22H20N6O9S2/c1-35-26-15(13-9-39-21(23)24-13)17(30)25-16-18(31)27-19(16)38-8-11-6-14(29)37-22(11,27)20(32)36-7-10-2-4-12(5-3-10)28(33)34/h2-5,9,11,16,19H,6-8H2,1H3,(H2,23,24)(H,25,30)/b26-15+/t11-,16+,19+,22+/m0/s1. The molecule has 3 aliphatic rings. The number of nitrogens with zero attached hydrogens (tertiary/aromatic N) is 4. The number of nitro groups is 1. The van der Waals surface area contributed by atoms with Crippen molar-refractivity contribution in [2.24, 2.45) is 11.1 Å². The van der Waals surface area contributed by atoms with Gasteiger partial charge in [-0.3, -0.25) is 29.4 Å². The van der Waals surface area contributed by atoms with Gasteiger partial charge in [0.2, 0.25) is 0 Å². The lowest BCUT2D eigenvalue weighted by atomic mass is 9.89. The number of benzene rings is 1. The molecular weight excluding hydrogens is 556 g/mol. The normalized spacial score (nSPS) is 25.6. The van der Waals surface area contributed by atoms with Crippen LogP contribution in [0.5, 0.6) is 0 Å². The minimum atomic E-state index is -1.99. The predicted octanol–water partition coefficient (Wildman–Crippen LogP) is 0.387. The maximum absolute atomic E-state index is 13.4. The molecule has 204 valence electrons. The van der Waals surface area contributed by atoms with Crippen molar-refractivity contribution >= 4 is 63.4 Å². The number of anilines is 1. The fourth-order valence-electron chi connectivity index (χ4n) is 4.57. The van der Waals surface area contributed by atoms with Gasteiger partial charge in [-0.2, -0.15) is 0 Å². The van der Waals surface area contributed by atoms with Crippen molar-refractivity contribution in [2.75, 3.05) is 18.6 Å². The van der Waals surface area contributed by atoms with Crippen molar-refractivity contribution in [1.29, 1.82) is 0 Å². The number of carbonyl (C=O) groups excluding carboxylic acids is 4. The number of hydrogen-bond acceptors (Lipinski definition) is 14. The number of thioether (sulfide) groups is 1. The van der Waals surface area contributed by atoms with E-state index in [0.717, 1.165) is 16.2 Å². The highest BCUT2D eigenvalue weighted by Crippen LogP contribution is 2.51. The van der Waals surface area contributed by atoms with Gasteiger partial charge in [-0.05, 0) is 17.7 Å². The van der Waals surface area contributed by atoms with Crippen LogP contribution in [0.15, 0.2) is 34.8 Å². The molecule has 3 aliphatic heterocycles. The Morgan fingerprint density at radius 2 is 2.10 bits per heavy atom. The number of nitrogens with two attached hydrogens (primary N) is 1. The summed E-state index contributed by atoms with van der Waals surface area (Å²) in [7, 11) is 1.25. The molecule has 15 nitrogen and oxygen atoms in total. The van der Waals surface area contributed by atoms with Crippen LogP contribution in [-0.4, -0.2) is 74.3 Å². The molecule has 0 saturated carbocycles. The number of fused-ring (bicyclic) bond motifs is 3. The third-order valence-electron chi connectivity index (χ3n) is 6.36. The first kappa shape index (κ1) is 26.4. The lowest BCUT2D eigenvalue weighted by molar-refractivity contribution is -0.384. The summed E-state index contributed by atoms with van der Waals surface area (Å²) in [6.07, 6.45) is -0.0942. The van der Waals surface area contributed by atoms with E-state index in [2.05, 4.69) is 15.5 Å². The number of thiazole rings is 1. The average molecular weight is 577 g/mol. The van der Waals surface area contributed by atoms with Crippen molar-refractivity contribution < 1.29 is 38.4 Å². The van der Waals surface area contributed by atoms with Gasteiger partial charge in [0.1, 0.15) is 30.8 Å². The lowest BCUT2D eigenvalue weighted by Gasteiger charge is -2.56. The van der Waals surface area contributed by atoms with Gasteiger partial charge >= 0.3 is 11.9 Å². The van der Waals surface area contributed by atoms with E-state index in [-0.39, 0.29) is 41.0 Å². The second-order valence-corrected chi connectivity index (χ2v) is 10.7. The van der Waals surface area contributed by atoms with E-state index in [9.17, 15) is 29.3 Å². The van der Waals surface area contributed by atoms with Gasteiger partial charge in [0, 0.05) is 29.2 Å². The lowest BCUT2D eigenvalue weighted by Crippen LogP contribution is -2.80. The molecule has 4 atom stereocenters. The summed E-state index contributed by atoms with van der Waals surface area (Å²) in [5.41, 5.74) is 3.96. The molecule has 2 aromatic rings. The molecule has 0 radical (unpaired) electrons. The number of nitrogens with one attached hydrogen (secondary N) is 1. The minimum absolute atomic E-state index is 0.0942. The molecule has 17 heteroatoms. The van der Waals surface area contributed by atoms with Crippen LogP contribution in [0.1, 0.15) is 17.7 Å². The second-order valence-electron chi connectivity index (χ2n) is 8.65. The van der Waals surface area contributed by atoms with E-state index < -0.39 is 51.7 Å². The zero-order valence-corrected chi connectivity index (χ0v) is 21.7. The number of oxime groups is 1. The van der Waals surface area contributed by atoms with E-state index in [1.54, 1.807) is 0 Å². The summed E-state index contributed by atoms with van der Waals surface area (Å²) in [4.78, 5) is 72.2. The molecule has 39 heavy (non-hydrogen) atoms. The second kappa shape index (κ2) is 10.1. The number of β-lactam (4-membered cyclic amide) rings is 1. The molecule has 3 N–H and O–H groups in total. The van der Waals surface area contributed by atoms with Gasteiger partial charge < -0.3 is 25.4 Å². The van der Waals surface area contributed by atoms with E-state index in [4.69, 9.17) is 20.0 Å². The maximum atomic E-state index is 13.4. The van der Waals surface area contributed by atoms with Gasteiger partial charge in [0.25, 0.3) is 23.2 Å². The van der Waals surface area contributed by atoms with Gasteiger partial charge in [0.15, 0.2) is 10.8 Å². The van der Waals surface area contributed by atoms with Crippen LogP contribution in [0.2, 0.25) is 0 Å². The zero-order valence-electron chi connectivity index (χ0n) is 20.1. The third kappa shape index (κ3) is 4.52. The number of hydrogen-bond donors (Lipinski definition) is 2. The van der Waals surface area contributed by atoms with Crippen molar-refractivity contribution in [3.8, 4) is 0 Å². The molecule has 0 spiro atoms. The summed E-state index contributed by atoms with van der Waals surface area (Å²) >= 11 is 2.38. The van der Waals surface area contributed by atoms with Crippen molar-refractivity contribution in [1.82, 2.24) is 15.2 Å². The van der Waals surface area contributed by atoms with E-state index in [1.165, 1.54) is 48.5 Å². The van der Waals surface area contributed by atoms with Crippen LogP contribution < -0.4 is 11.1 Å². The van der Waals surface area contributed by atoms with Gasteiger partial charge in [-0.1, -0.05) is 5.16 Å². The minimum Gasteiger partial charge on any atom is -0.456 e. The molecule has 1 aromatic heterocycles. The summed E-state index contributed by atoms with van der Waals surface area (Å²) in [6.45, 7) is -0.267. The smallest absolute Gasteiger partial charge is 0.373 e. The van der Waals surface area contributed by atoms with E-state index >= 15 is 0 Å². The third-order valence-corrected chi connectivity index (χ3v) is 8.46. The van der Waals surface area contributed by atoms with Crippen molar-refractivity contribution in [3.05, 3.63) is 51.0 Å². The Bertz CT molecular complexity index is 1400. The van der Waals surface area contributed by atoms with Crippen LogP contribution >= 0.6 is 23.1 Å². The topological polar surface area (TPSA) is 206 Å². The Balaban J connectivity index is 1.33. The fourth-order valence-corrected chi connectivity index (χ4v) is 6.67. The van der Waals surface area contributed by atoms with Crippen LogP contribution in [0.3, 0.4) is 0 Å². The van der Waals surface area contributed by atoms with E-state index in [0.29, 0.717) is 5.56 Å². The summed E-state index contributed by atoms with van der Waals surface area (Å²) in [6, 6.07) is 4.33. The number of nitro benzene ring substituents is 1. The molecule has 2 amide bonds. The molecule has 1 aromatic carbocycles. The van der Waals surface area contributed by atoms with Crippen LogP contribution in [0.4, 0.5) is 10.8 Å². The number of rotatable bonds is 8. The molecular formula is C22H20N6O9S2. The average Bonchev–Trinajstić information content (AvgIpc) is 3.50. The Labute approximate surface area is 227 Å². The Morgan fingerprint density at radius 1 is 1.36 bits per heavy atom. The highest BCUT2D eigenvalue weighted by atomic mass is 32.2. The van der Waals surface area contributed by atoms with Crippen LogP contribution in [0, 0.1) is 16.0 Å². The van der Waals surface area contributed by atoms with Gasteiger partial charge in [-0.15, -0.1) is 23.1 Å². The quantitative estimate of drug-likeness (QED) is 0.144. The first-order valence-electron chi connectivity index (χ1n) is 11.4. The summed E-state index contributed by atoms with van der Waals surface area (Å²) in [5, 5.41) is 18.1. The number of esters is 2. The van der Waals surface area contributed by atoms with Gasteiger partial charge in [0.05, 0.1) is 11.3 Å². The monoisotopic (exact) mass is 576 g/mol. The van der Waals surface area contributed by atoms with E-state index in [1.807, 2.05) is 0 Å². The highest BCUT2D eigenvalue weighted by molar-refractivity contribution is 8.00. The Hall–Kier alpha value is -4.25. The molecule has 4 heterocycles. The Kier molecular flexibility index (Phi) is 6.85. The number of nitrogen functional groups attached to an aromatic ring is 1. The zero-order chi connectivity index (χ0) is 27.9. The van der Waals surface area contributed by atoms with Crippen molar-refractivity contribution in [3.63, 3.8) is 0 Å².